The van der Waals surface area contributed by atoms with Gasteiger partial charge in [-0.1, -0.05) is 105 Å². The largest absolute Gasteiger partial charge is 0.311 e. The Bertz CT molecular complexity index is 2190. The minimum atomic E-state index is 0.0473. The maximum absolute atomic E-state index is 4.26. The number of para-hydroxylation sites is 2. The third kappa shape index (κ3) is 3.64. The van der Waals surface area contributed by atoms with Crippen LogP contribution in [0.25, 0.3) is 18.2 Å². The van der Waals surface area contributed by atoms with Gasteiger partial charge in [-0.05, 0) is 94.6 Å². The van der Waals surface area contributed by atoms with Crippen LogP contribution < -0.4 is 31.1 Å². The van der Waals surface area contributed by atoms with Gasteiger partial charge in [0.15, 0.2) is 0 Å². The molecule has 0 saturated carbocycles. The molecule has 4 heteroatoms. The van der Waals surface area contributed by atoms with E-state index in [1.54, 1.807) is 0 Å². The second kappa shape index (κ2) is 10.3. The van der Waals surface area contributed by atoms with Crippen LogP contribution in [0.1, 0.15) is 22.3 Å². The molecule has 3 nitrogen and oxygen atoms in total. The van der Waals surface area contributed by atoms with E-state index >= 15 is 0 Å². The molecule has 3 heterocycles. The van der Waals surface area contributed by atoms with Gasteiger partial charge in [0.05, 0.1) is 17.1 Å². The van der Waals surface area contributed by atoms with Crippen molar-refractivity contribution in [2.45, 2.75) is 6.92 Å². The Morgan fingerprint density at radius 2 is 0.745 bits per heavy atom. The number of hydrogen-bond acceptors (Lipinski definition) is 3. The van der Waals surface area contributed by atoms with Crippen LogP contribution >= 0.6 is 0 Å². The summed E-state index contributed by atoms with van der Waals surface area (Å²) in [6.07, 6.45) is 5.91. The summed E-state index contributed by atoms with van der Waals surface area (Å²) in [6, 6.07) is 44.0. The van der Waals surface area contributed by atoms with E-state index in [9.17, 15) is 0 Å². The topological polar surface area (TPSA) is 9.72 Å². The van der Waals surface area contributed by atoms with Crippen LogP contribution in [-0.2, 0) is 0 Å². The lowest BCUT2D eigenvalue weighted by Gasteiger charge is -2.49. The van der Waals surface area contributed by atoms with E-state index < -0.39 is 0 Å². The first-order chi connectivity index (χ1) is 23.2. The second-order valence-electron chi connectivity index (χ2n) is 12.3. The number of rotatable bonds is 6. The maximum atomic E-state index is 4.26. The molecule has 0 saturated heterocycles. The highest BCUT2D eigenvalue weighted by atomic mass is 15.2. The monoisotopic (exact) mass is 601 g/mol. The Morgan fingerprint density at radius 1 is 0.404 bits per heavy atom. The molecule has 0 amide bonds. The van der Waals surface area contributed by atoms with Gasteiger partial charge in [-0.2, -0.15) is 0 Å². The van der Waals surface area contributed by atoms with Gasteiger partial charge in [-0.15, -0.1) is 0 Å². The lowest BCUT2D eigenvalue weighted by molar-refractivity contribution is 1.21. The van der Waals surface area contributed by atoms with Gasteiger partial charge in [-0.3, -0.25) is 0 Å². The second-order valence-corrected chi connectivity index (χ2v) is 12.3. The van der Waals surface area contributed by atoms with Crippen LogP contribution in [0.2, 0.25) is 0 Å². The van der Waals surface area contributed by atoms with Crippen molar-refractivity contribution in [2.75, 3.05) is 14.7 Å². The first kappa shape index (κ1) is 27.3. The Labute approximate surface area is 276 Å². The van der Waals surface area contributed by atoms with Crippen molar-refractivity contribution in [3.05, 3.63) is 163 Å². The molecule has 0 spiro atoms. The summed E-state index contributed by atoms with van der Waals surface area (Å²) in [5.74, 6) is 0. The molecule has 0 radical (unpaired) electrons. The van der Waals surface area contributed by atoms with Crippen LogP contribution in [0.3, 0.4) is 0 Å². The fraction of sp³-hybridized carbons (Fsp3) is 0.0233. The Kier molecular flexibility index (Phi) is 5.97. The average molecular weight is 602 g/mol. The van der Waals surface area contributed by atoms with E-state index in [2.05, 4.69) is 163 Å². The standard InChI is InChI=1S/C43H32BN3/c1-5-29-17-8-10-19-32(29)45-35-22-13-23-36-41(35)44-42-37(45)24-14-26-39(42)47(34-21-12-16-28(4)31(34)7-3)40-27-15-25-38(43(40)44)46(36)33-20-11-9-18-30(33)6-2/h5-27H,1-3H2,4H3. The fourth-order valence-electron chi connectivity index (χ4n) is 8.13. The summed E-state index contributed by atoms with van der Waals surface area (Å²) in [5.41, 5.74) is 18.9. The molecule has 47 heavy (non-hydrogen) atoms. The Balaban J connectivity index is 1.46. The van der Waals surface area contributed by atoms with Gasteiger partial charge in [-0.25, -0.2) is 0 Å². The van der Waals surface area contributed by atoms with E-state index in [0.717, 1.165) is 33.8 Å². The molecule has 6 aromatic carbocycles. The third-order valence-corrected chi connectivity index (χ3v) is 10.0. The molecule has 0 atom stereocenters. The zero-order chi connectivity index (χ0) is 31.8. The van der Waals surface area contributed by atoms with Crippen molar-refractivity contribution in [3.63, 3.8) is 0 Å². The third-order valence-electron chi connectivity index (χ3n) is 10.0. The first-order valence-corrected chi connectivity index (χ1v) is 16.1. The van der Waals surface area contributed by atoms with Crippen LogP contribution in [0, 0.1) is 6.92 Å². The maximum Gasteiger partial charge on any atom is 0.257 e. The Morgan fingerprint density at radius 3 is 1.15 bits per heavy atom. The van der Waals surface area contributed by atoms with Crippen LogP contribution in [0.4, 0.5) is 51.2 Å². The van der Waals surface area contributed by atoms with Crippen molar-refractivity contribution in [1.82, 2.24) is 0 Å². The number of aryl methyl sites for hydroxylation is 1. The first-order valence-electron chi connectivity index (χ1n) is 16.1. The lowest BCUT2D eigenvalue weighted by atomic mass is 9.32. The smallest absolute Gasteiger partial charge is 0.257 e. The lowest BCUT2D eigenvalue weighted by Crippen LogP contribution is -2.64. The summed E-state index contributed by atoms with van der Waals surface area (Å²) in [7, 11) is 0. The van der Waals surface area contributed by atoms with Crippen molar-refractivity contribution in [2.24, 2.45) is 0 Å². The predicted octanol–water partition coefficient (Wildman–Crippen LogP) is 9.79. The number of hydrogen-bond donors (Lipinski definition) is 0. The summed E-state index contributed by atoms with van der Waals surface area (Å²) >= 11 is 0. The molecule has 6 aromatic rings. The van der Waals surface area contributed by atoms with Gasteiger partial charge < -0.3 is 14.7 Å². The number of benzene rings is 6. The molecule has 0 bridgehead atoms. The highest BCUT2D eigenvalue weighted by Gasteiger charge is 2.49. The van der Waals surface area contributed by atoms with Gasteiger partial charge in [0.25, 0.3) is 6.71 Å². The van der Waals surface area contributed by atoms with E-state index in [1.165, 1.54) is 56.1 Å². The molecule has 0 N–H and O–H groups in total. The molecule has 0 unspecified atom stereocenters. The number of anilines is 9. The molecule has 9 rings (SSSR count). The fourth-order valence-corrected chi connectivity index (χ4v) is 8.13. The van der Waals surface area contributed by atoms with Crippen molar-refractivity contribution >= 4 is 92.5 Å². The molecule has 0 fully saturated rings. The highest BCUT2D eigenvalue weighted by molar-refractivity contribution is 7.02. The quantitative estimate of drug-likeness (QED) is 0.176. The van der Waals surface area contributed by atoms with Gasteiger partial charge in [0.1, 0.15) is 0 Å². The average Bonchev–Trinajstić information content (AvgIpc) is 3.12. The van der Waals surface area contributed by atoms with Gasteiger partial charge in [0.2, 0.25) is 0 Å². The van der Waals surface area contributed by atoms with E-state index in [0.29, 0.717) is 0 Å². The van der Waals surface area contributed by atoms with Crippen molar-refractivity contribution < 1.29 is 0 Å². The van der Waals surface area contributed by atoms with E-state index in [4.69, 9.17) is 0 Å². The van der Waals surface area contributed by atoms with E-state index in [-0.39, 0.29) is 6.71 Å². The summed E-state index contributed by atoms with van der Waals surface area (Å²) in [4.78, 5) is 7.36. The SMILES string of the molecule is C=Cc1ccccc1N1c2cccc3c2B2c4c1cccc4N(c1cccc(C)c1C=C)c1cccc(c12)N3c1ccccc1C=C. The molecule has 3 aliphatic heterocycles. The van der Waals surface area contributed by atoms with Gasteiger partial charge >= 0.3 is 0 Å². The zero-order valence-electron chi connectivity index (χ0n) is 26.3. The van der Waals surface area contributed by atoms with Gasteiger partial charge in [0, 0.05) is 39.7 Å². The number of nitrogens with zero attached hydrogens (tertiary/aromatic N) is 3. The molecule has 3 aliphatic rings. The molecule has 222 valence electrons. The Hall–Kier alpha value is -6.00. The van der Waals surface area contributed by atoms with Crippen LogP contribution in [0.15, 0.2) is 141 Å². The van der Waals surface area contributed by atoms with Crippen LogP contribution in [-0.4, -0.2) is 6.71 Å². The molecule has 0 aromatic heterocycles. The minimum absolute atomic E-state index is 0.0473. The van der Waals surface area contributed by atoms with Crippen molar-refractivity contribution in [3.8, 4) is 0 Å². The molecule has 0 aliphatic carbocycles. The molecular formula is C43H32BN3. The minimum Gasteiger partial charge on any atom is -0.311 e. The summed E-state index contributed by atoms with van der Waals surface area (Å²) in [6.45, 7) is 14.9. The van der Waals surface area contributed by atoms with E-state index in [1.807, 2.05) is 18.2 Å². The highest BCUT2D eigenvalue weighted by Crippen LogP contribution is 2.51. The normalized spacial score (nSPS) is 13.3. The predicted molar refractivity (Wildman–Crippen MR) is 204 cm³/mol. The zero-order valence-corrected chi connectivity index (χ0v) is 26.3. The molecular weight excluding hydrogens is 569 g/mol. The summed E-state index contributed by atoms with van der Waals surface area (Å²) < 4.78 is 0. The van der Waals surface area contributed by atoms with Crippen LogP contribution in [0.5, 0.6) is 0 Å². The van der Waals surface area contributed by atoms with Crippen molar-refractivity contribution in [1.29, 1.82) is 0 Å². The summed E-state index contributed by atoms with van der Waals surface area (Å²) in [5, 5.41) is 0.